The number of aromatic nitrogens is 3. The number of nitrogens with zero attached hydrogens (tertiary/aromatic N) is 4. The van der Waals surface area contributed by atoms with Crippen molar-refractivity contribution < 1.29 is 0 Å². The van der Waals surface area contributed by atoms with Crippen molar-refractivity contribution in [2.45, 2.75) is 5.41 Å². The molecule has 1 aliphatic carbocycles. The first-order chi connectivity index (χ1) is 28.8. The number of para-hydroxylation sites is 5. The molecule has 58 heavy (non-hydrogen) atoms. The Labute approximate surface area is 338 Å². The molecule has 1 aliphatic heterocycles. The fraction of sp³-hybridized carbons (Fsp3) is 0.0189. The van der Waals surface area contributed by atoms with E-state index in [4.69, 9.17) is 9.97 Å². The maximum absolute atomic E-state index is 5.45. The predicted octanol–water partition coefficient (Wildman–Crippen LogP) is 13.8. The normalized spacial score (nSPS) is 13.6. The average molecular weight is 757 g/mol. The lowest BCUT2D eigenvalue weighted by atomic mass is 9.64. The summed E-state index contributed by atoms with van der Waals surface area (Å²) >= 11 is 1.91. The van der Waals surface area contributed by atoms with Crippen LogP contribution in [0.4, 0.5) is 17.1 Å². The number of hydrogen-bond donors (Lipinski definition) is 0. The number of anilines is 3. The Morgan fingerprint density at radius 1 is 0.466 bits per heavy atom. The van der Waals surface area contributed by atoms with Crippen molar-refractivity contribution in [2.24, 2.45) is 0 Å². The number of thiophene rings is 1. The molecule has 0 fully saturated rings. The molecule has 0 radical (unpaired) electrons. The van der Waals surface area contributed by atoms with Gasteiger partial charge in [0.25, 0.3) is 0 Å². The van der Waals surface area contributed by atoms with Gasteiger partial charge in [-0.05, 0) is 64.2 Å². The highest BCUT2D eigenvalue weighted by Gasteiger charge is 2.53. The highest BCUT2D eigenvalue weighted by atomic mass is 32.1. The van der Waals surface area contributed by atoms with Crippen molar-refractivity contribution in [3.05, 3.63) is 216 Å². The Morgan fingerprint density at radius 2 is 1.07 bits per heavy atom. The van der Waals surface area contributed by atoms with E-state index in [0.717, 1.165) is 38.9 Å². The first kappa shape index (κ1) is 31.8. The number of fused-ring (bicyclic) bond motifs is 16. The van der Waals surface area contributed by atoms with Crippen LogP contribution < -0.4 is 4.90 Å². The Hall–Kier alpha value is -7.34. The summed E-state index contributed by atoms with van der Waals surface area (Å²) < 4.78 is 3.57. The minimum Gasteiger partial charge on any atom is -0.310 e. The third-order valence-corrected chi connectivity index (χ3v) is 13.6. The number of hydrogen-bond acceptors (Lipinski definition) is 4. The van der Waals surface area contributed by atoms with Crippen LogP contribution in [-0.2, 0) is 5.41 Å². The molecule has 8 aromatic carbocycles. The first-order valence-electron chi connectivity index (χ1n) is 19.8. The summed E-state index contributed by atoms with van der Waals surface area (Å²) in [5, 5.41) is 4.68. The van der Waals surface area contributed by atoms with E-state index >= 15 is 0 Å². The van der Waals surface area contributed by atoms with Gasteiger partial charge >= 0.3 is 0 Å². The van der Waals surface area contributed by atoms with Crippen LogP contribution in [0.5, 0.6) is 0 Å². The molecule has 1 spiro atoms. The van der Waals surface area contributed by atoms with Crippen LogP contribution in [0, 0.1) is 0 Å². The number of rotatable bonds is 3. The SMILES string of the molecule is c1ccc(-c2nc(-n3c4ccccc4c4ccc5c6c(sc5c43)-c3ccccc3C63c4ccccc4N(c4ccccc4)c4ccccc43)nc3ccccc23)cc1. The molecule has 0 amide bonds. The average Bonchev–Trinajstić information content (AvgIpc) is 3.94. The molecule has 0 saturated heterocycles. The van der Waals surface area contributed by atoms with Crippen LogP contribution in [0.2, 0.25) is 0 Å². The summed E-state index contributed by atoms with van der Waals surface area (Å²) in [6.07, 6.45) is 0. The molecule has 4 heterocycles. The molecule has 3 aromatic heterocycles. The topological polar surface area (TPSA) is 34.0 Å². The van der Waals surface area contributed by atoms with Gasteiger partial charge in [-0.3, -0.25) is 4.57 Å². The molecule has 0 unspecified atom stereocenters. The summed E-state index contributed by atoms with van der Waals surface area (Å²) in [5.41, 5.74) is 14.7. The second-order valence-corrected chi connectivity index (χ2v) is 16.3. The van der Waals surface area contributed by atoms with Gasteiger partial charge in [0, 0.05) is 37.7 Å². The molecule has 11 aromatic rings. The molecule has 13 rings (SSSR count). The zero-order valence-corrected chi connectivity index (χ0v) is 32.0. The molecular formula is C53H32N4S. The predicted molar refractivity (Wildman–Crippen MR) is 240 cm³/mol. The Balaban J connectivity index is 1.17. The zero-order chi connectivity index (χ0) is 38.0. The third kappa shape index (κ3) is 4.08. The third-order valence-electron chi connectivity index (χ3n) is 12.4. The lowest BCUT2D eigenvalue weighted by Crippen LogP contribution is -2.36. The van der Waals surface area contributed by atoms with Gasteiger partial charge in [0.1, 0.15) is 0 Å². The smallest absolute Gasteiger partial charge is 0.235 e. The van der Waals surface area contributed by atoms with Gasteiger partial charge in [-0.25, -0.2) is 9.97 Å². The molecule has 0 atom stereocenters. The lowest BCUT2D eigenvalue weighted by molar-refractivity contribution is 0.760. The maximum atomic E-state index is 5.45. The van der Waals surface area contributed by atoms with E-state index in [-0.39, 0.29) is 0 Å². The van der Waals surface area contributed by atoms with Crippen LogP contribution in [0.1, 0.15) is 22.3 Å². The molecule has 0 saturated carbocycles. The van der Waals surface area contributed by atoms with Crippen molar-refractivity contribution in [2.75, 3.05) is 4.90 Å². The van der Waals surface area contributed by atoms with E-state index in [2.05, 4.69) is 204 Å². The Kier molecular flexibility index (Phi) is 6.49. The van der Waals surface area contributed by atoms with Gasteiger partial charge in [0.05, 0.1) is 43.7 Å². The summed E-state index contributed by atoms with van der Waals surface area (Å²) in [7, 11) is 0. The minimum atomic E-state index is -0.549. The largest absolute Gasteiger partial charge is 0.310 e. The van der Waals surface area contributed by atoms with Crippen molar-refractivity contribution >= 4 is 71.2 Å². The minimum absolute atomic E-state index is 0.549. The van der Waals surface area contributed by atoms with E-state index in [1.54, 1.807) is 0 Å². The molecule has 4 nitrogen and oxygen atoms in total. The van der Waals surface area contributed by atoms with Crippen molar-refractivity contribution in [1.82, 2.24) is 14.5 Å². The van der Waals surface area contributed by atoms with Crippen molar-refractivity contribution in [1.29, 1.82) is 0 Å². The molecule has 270 valence electrons. The zero-order valence-electron chi connectivity index (χ0n) is 31.2. The van der Waals surface area contributed by atoms with Crippen molar-refractivity contribution in [3.8, 4) is 27.6 Å². The fourth-order valence-corrected chi connectivity index (χ4v) is 11.6. The molecule has 5 heteroatoms. The van der Waals surface area contributed by atoms with Crippen LogP contribution >= 0.6 is 11.3 Å². The Bertz CT molecular complexity index is 3430. The van der Waals surface area contributed by atoms with Gasteiger partial charge < -0.3 is 4.90 Å². The quantitative estimate of drug-likeness (QED) is 0.180. The van der Waals surface area contributed by atoms with Gasteiger partial charge in [0.2, 0.25) is 5.95 Å². The van der Waals surface area contributed by atoms with Crippen molar-refractivity contribution in [3.63, 3.8) is 0 Å². The molecule has 0 bridgehead atoms. The Morgan fingerprint density at radius 3 is 1.84 bits per heavy atom. The van der Waals surface area contributed by atoms with Gasteiger partial charge in [0.15, 0.2) is 0 Å². The van der Waals surface area contributed by atoms with Gasteiger partial charge in [-0.1, -0.05) is 158 Å². The van der Waals surface area contributed by atoms with Crippen LogP contribution in [-0.4, -0.2) is 14.5 Å². The summed E-state index contributed by atoms with van der Waals surface area (Å²) in [5.74, 6) is 0.673. The maximum Gasteiger partial charge on any atom is 0.235 e. The van der Waals surface area contributed by atoms with Crippen LogP contribution in [0.15, 0.2) is 194 Å². The summed E-state index contributed by atoms with van der Waals surface area (Å²) in [6, 6.07) is 70.3. The van der Waals surface area contributed by atoms with E-state index in [1.165, 1.54) is 64.9 Å². The van der Waals surface area contributed by atoms with Gasteiger partial charge in [-0.15, -0.1) is 11.3 Å². The second-order valence-electron chi connectivity index (χ2n) is 15.3. The molecular weight excluding hydrogens is 725 g/mol. The fourth-order valence-electron chi connectivity index (χ4n) is 10.2. The van der Waals surface area contributed by atoms with E-state index in [9.17, 15) is 0 Å². The van der Waals surface area contributed by atoms with E-state index in [1.807, 2.05) is 11.3 Å². The van der Waals surface area contributed by atoms with E-state index < -0.39 is 5.41 Å². The van der Waals surface area contributed by atoms with Crippen LogP contribution in [0.3, 0.4) is 0 Å². The molecule has 2 aliphatic rings. The highest BCUT2D eigenvalue weighted by molar-refractivity contribution is 7.23. The summed E-state index contributed by atoms with van der Waals surface area (Å²) in [6.45, 7) is 0. The van der Waals surface area contributed by atoms with Crippen LogP contribution in [0.25, 0.3) is 70.4 Å². The monoisotopic (exact) mass is 756 g/mol. The highest BCUT2D eigenvalue weighted by Crippen LogP contribution is 2.66. The standard InChI is InChI=1S/C53H32N4S/c1-3-17-33(18-4-1)48-38-23-8-13-27-43(38)54-52(55-48)57-44-28-14-9-21-35(44)36-31-32-39-47-50(58-51(39)49(36)57)37-22-7-10-24-40(37)53(47)41-25-11-15-29-45(41)56(34-19-5-2-6-20-34)46-30-16-12-26-42(46)53/h1-32H. The second kappa shape index (κ2) is 11.8. The summed E-state index contributed by atoms with van der Waals surface area (Å²) in [4.78, 5) is 14.6. The molecule has 0 N–H and O–H groups in total. The first-order valence-corrected chi connectivity index (χ1v) is 20.6. The van der Waals surface area contributed by atoms with Gasteiger partial charge in [-0.2, -0.15) is 0 Å². The number of benzene rings is 8. The van der Waals surface area contributed by atoms with E-state index in [0.29, 0.717) is 5.95 Å². The lowest BCUT2D eigenvalue weighted by Gasteiger charge is -2.45.